The number of carbonyl (C=O) groups is 2. The van der Waals surface area contributed by atoms with Crippen molar-refractivity contribution in [1.82, 2.24) is 0 Å². The molecular weight excluding hydrogens is 324 g/mol. The third-order valence-corrected chi connectivity index (χ3v) is 4.29. The SMILES string of the molecule is Cc1cc(C)cc(N2C(=O)C(Cl)=C(N(C)c3ccccc3)C2=O)c1. The molecule has 2 aromatic carbocycles. The smallest absolute Gasteiger partial charge is 0.283 e. The lowest BCUT2D eigenvalue weighted by atomic mass is 10.1. The minimum atomic E-state index is -0.496. The first-order valence-corrected chi connectivity index (χ1v) is 7.93. The minimum absolute atomic E-state index is 0.0643. The van der Waals surface area contributed by atoms with Crippen molar-refractivity contribution in [2.45, 2.75) is 13.8 Å². The van der Waals surface area contributed by atoms with E-state index < -0.39 is 11.8 Å². The van der Waals surface area contributed by atoms with Crippen LogP contribution in [0.1, 0.15) is 11.1 Å². The Kier molecular flexibility index (Phi) is 4.16. The van der Waals surface area contributed by atoms with Crippen LogP contribution in [0.3, 0.4) is 0 Å². The summed E-state index contributed by atoms with van der Waals surface area (Å²) in [4.78, 5) is 28.2. The highest BCUT2D eigenvalue weighted by atomic mass is 35.5. The third-order valence-electron chi connectivity index (χ3n) is 3.95. The summed E-state index contributed by atoms with van der Waals surface area (Å²) >= 11 is 6.22. The lowest BCUT2D eigenvalue weighted by molar-refractivity contribution is -0.120. The number of para-hydroxylation sites is 1. The second-order valence-corrected chi connectivity index (χ2v) is 6.23. The van der Waals surface area contributed by atoms with E-state index in [1.807, 2.05) is 50.2 Å². The molecule has 2 amide bonds. The molecule has 5 heteroatoms. The van der Waals surface area contributed by atoms with E-state index in [1.165, 1.54) is 0 Å². The molecule has 0 spiro atoms. The van der Waals surface area contributed by atoms with Gasteiger partial charge in [0, 0.05) is 12.7 Å². The summed E-state index contributed by atoms with van der Waals surface area (Å²) in [5.41, 5.74) is 3.47. The molecule has 0 atom stereocenters. The van der Waals surface area contributed by atoms with Crippen molar-refractivity contribution in [2.24, 2.45) is 0 Å². The molecule has 4 nitrogen and oxygen atoms in total. The first-order chi connectivity index (χ1) is 11.4. The predicted octanol–water partition coefficient (Wildman–Crippen LogP) is 3.76. The number of hydrogen-bond donors (Lipinski definition) is 0. The molecule has 1 aliphatic rings. The Morgan fingerprint density at radius 3 is 2.08 bits per heavy atom. The summed E-state index contributed by atoms with van der Waals surface area (Å²) < 4.78 is 0. The molecule has 0 saturated heterocycles. The van der Waals surface area contributed by atoms with Crippen LogP contribution < -0.4 is 9.80 Å². The molecule has 0 aliphatic carbocycles. The van der Waals surface area contributed by atoms with Gasteiger partial charge < -0.3 is 4.90 Å². The summed E-state index contributed by atoms with van der Waals surface area (Å²) in [6, 6.07) is 14.9. The largest absolute Gasteiger partial charge is 0.339 e. The normalized spacial score (nSPS) is 14.6. The van der Waals surface area contributed by atoms with Gasteiger partial charge in [-0.3, -0.25) is 9.59 Å². The molecule has 0 fully saturated rings. The van der Waals surface area contributed by atoms with E-state index in [-0.39, 0.29) is 10.7 Å². The average molecular weight is 341 g/mol. The molecule has 0 bridgehead atoms. The number of aryl methyl sites for hydroxylation is 2. The Morgan fingerprint density at radius 1 is 0.917 bits per heavy atom. The number of halogens is 1. The van der Waals surface area contributed by atoms with Gasteiger partial charge in [-0.05, 0) is 49.2 Å². The van der Waals surface area contributed by atoms with E-state index in [1.54, 1.807) is 24.1 Å². The molecule has 24 heavy (non-hydrogen) atoms. The van der Waals surface area contributed by atoms with E-state index in [9.17, 15) is 9.59 Å². The van der Waals surface area contributed by atoms with E-state index in [4.69, 9.17) is 11.6 Å². The summed E-state index contributed by atoms with van der Waals surface area (Å²) in [5.74, 6) is -0.911. The Bertz CT molecular complexity index is 839. The molecule has 3 rings (SSSR count). The van der Waals surface area contributed by atoms with Crippen LogP contribution in [0.15, 0.2) is 59.3 Å². The van der Waals surface area contributed by atoms with Crippen molar-refractivity contribution in [2.75, 3.05) is 16.8 Å². The number of imide groups is 1. The number of rotatable bonds is 3. The molecule has 1 heterocycles. The Labute approximate surface area is 145 Å². The zero-order valence-corrected chi connectivity index (χ0v) is 14.5. The fourth-order valence-electron chi connectivity index (χ4n) is 2.88. The van der Waals surface area contributed by atoms with Crippen molar-refractivity contribution in [1.29, 1.82) is 0 Å². The summed E-state index contributed by atoms with van der Waals surface area (Å²) in [6.07, 6.45) is 0. The van der Waals surface area contributed by atoms with Gasteiger partial charge in [0.05, 0.1) is 5.69 Å². The number of likely N-dealkylation sites (N-methyl/N-ethyl adjacent to an activating group) is 1. The van der Waals surface area contributed by atoms with Gasteiger partial charge in [-0.1, -0.05) is 35.9 Å². The molecule has 122 valence electrons. The average Bonchev–Trinajstić information content (AvgIpc) is 2.76. The van der Waals surface area contributed by atoms with Crippen molar-refractivity contribution >= 4 is 34.8 Å². The van der Waals surface area contributed by atoms with Gasteiger partial charge in [0.2, 0.25) is 0 Å². The van der Waals surface area contributed by atoms with E-state index >= 15 is 0 Å². The maximum atomic E-state index is 12.9. The number of benzene rings is 2. The summed E-state index contributed by atoms with van der Waals surface area (Å²) in [7, 11) is 1.73. The van der Waals surface area contributed by atoms with Gasteiger partial charge in [0.1, 0.15) is 10.7 Å². The summed E-state index contributed by atoms with van der Waals surface area (Å²) in [5, 5.41) is -0.0643. The highest BCUT2D eigenvalue weighted by Gasteiger charge is 2.40. The minimum Gasteiger partial charge on any atom is -0.339 e. The third kappa shape index (κ3) is 2.69. The van der Waals surface area contributed by atoms with Crippen molar-refractivity contribution < 1.29 is 9.59 Å². The Balaban J connectivity index is 2.02. The lowest BCUT2D eigenvalue weighted by Crippen LogP contribution is -2.34. The molecule has 1 aliphatic heterocycles. The first-order valence-electron chi connectivity index (χ1n) is 7.56. The maximum Gasteiger partial charge on any atom is 0.283 e. The Morgan fingerprint density at radius 2 is 1.50 bits per heavy atom. The molecule has 0 unspecified atom stereocenters. The molecule has 0 aromatic heterocycles. The van der Waals surface area contributed by atoms with Gasteiger partial charge in [-0.25, -0.2) is 4.90 Å². The lowest BCUT2D eigenvalue weighted by Gasteiger charge is -2.21. The maximum absolute atomic E-state index is 12.9. The monoisotopic (exact) mass is 340 g/mol. The topological polar surface area (TPSA) is 40.6 Å². The van der Waals surface area contributed by atoms with Crippen molar-refractivity contribution in [3.63, 3.8) is 0 Å². The summed E-state index contributed by atoms with van der Waals surface area (Å²) in [6.45, 7) is 3.85. The van der Waals surface area contributed by atoms with Crippen LogP contribution >= 0.6 is 11.6 Å². The molecule has 0 radical (unpaired) electrons. The zero-order chi connectivity index (χ0) is 17.4. The molecular formula is C19H17ClN2O2. The van der Waals surface area contributed by atoms with Crippen LogP contribution in [-0.2, 0) is 9.59 Å². The standard InChI is InChI=1S/C19H17ClN2O2/c1-12-9-13(2)11-15(10-12)22-18(23)16(20)17(19(22)24)21(3)14-7-5-4-6-8-14/h4-11H,1-3H3. The second-order valence-electron chi connectivity index (χ2n) is 5.85. The zero-order valence-electron chi connectivity index (χ0n) is 13.7. The highest BCUT2D eigenvalue weighted by Crippen LogP contribution is 2.33. The fraction of sp³-hybridized carbons (Fsp3) is 0.158. The van der Waals surface area contributed by atoms with Gasteiger partial charge in [-0.2, -0.15) is 0 Å². The second kappa shape index (κ2) is 6.13. The molecule has 2 aromatic rings. The van der Waals surface area contributed by atoms with Crippen LogP contribution in [0.25, 0.3) is 0 Å². The number of hydrogen-bond acceptors (Lipinski definition) is 3. The van der Waals surface area contributed by atoms with E-state index in [0.717, 1.165) is 21.7 Å². The van der Waals surface area contributed by atoms with Crippen LogP contribution in [0.2, 0.25) is 0 Å². The van der Waals surface area contributed by atoms with E-state index in [2.05, 4.69) is 0 Å². The van der Waals surface area contributed by atoms with Crippen molar-refractivity contribution in [3.8, 4) is 0 Å². The number of anilines is 2. The molecule has 0 N–H and O–H groups in total. The number of nitrogens with zero attached hydrogens (tertiary/aromatic N) is 2. The van der Waals surface area contributed by atoms with Gasteiger partial charge in [-0.15, -0.1) is 0 Å². The van der Waals surface area contributed by atoms with Gasteiger partial charge in [0.25, 0.3) is 11.8 Å². The number of carbonyl (C=O) groups excluding carboxylic acids is 2. The predicted molar refractivity (Wildman–Crippen MR) is 96.1 cm³/mol. The quantitative estimate of drug-likeness (QED) is 0.799. The fourth-order valence-corrected chi connectivity index (χ4v) is 3.17. The van der Waals surface area contributed by atoms with Crippen LogP contribution in [0, 0.1) is 13.8 Å². The van der Waals surface area contributed by atoms with Crippen LogP contribution in [0.4, 0.5) is 11.4 Å². The van der Waals surface area contributed by atoms with Crippen LogP contribution in [0.5, 0.6) is 0 Å². The molecule has 0 saturated carbocycles. The number of amides is 2. The Hall–Kier alpha value is -2.59. The van der Waals surface area contributed by atoms with Gasteiger partial charge in [0.15, 0.2) is 0 Å². The van der Waals surface area contributed by atoms with E-state index in [0.29, 0.717) is 5.69 Å². The van der Waals surface area contributed by atoms with Crippen LogP contribution in [-0.4, -0.2) is 18.9 Å². The highest BCUT2D eigenvalue weighted by molar-refractivity contribution is 6.53. The van der Waals surface area contributed by atoms with Crippen molar-refractivity contribution in [3.05, 3.63) is 70.4 Å². The van der Waals surface area contributed by atoms with Gasteiger partial charge >= 0.3 is 0 Å². The first kappa shape index (κ1) is 16.3.